The van der Waals surface area contributed by atoms with Gasteiger partial charge in [0.05, 0.1) is 6.42 Å². The van der Waals surface area contributed by atoms with Crippen LogP contribution in [0.3, 0.4) is 0 Å². The Kier molecular flexibility index (Phi) is 2.76. The van der Waals surface area contributed by atoms with Crippen molar-refractivity contribution in [1.82, 2.24) is 9.55 Å². The van der Waals surface area contributed by atoms with Crippen LogP contribution in [0.4, 0.5) is 0 Å². The highest BCUT2D eigenvalue weighted by molar-refractivity contribution is 5.97. The van der Waals surface area contributed by atoms with Gasteiger partial charge >= 0.3 is 5.69 Å². The monoisotopic (exact) mass is 238 g/mol. The zero-order valence-electron chi connectivity index (χ0n) is 9.00. The summed E-state index contributed by atoms with van der Waals surface area (Å²) in [5.74, 6) is -0.374. The van der Waals surface area contributed by atoms with Gasteiger partial charge in [-0.15, -0.1) is 0 Å². The van der Waals surface area contributed by atoms with Gasteiger partial charge in [0.25, 0.3) is 5.56 Å². The van der Waals surface area contributed by atoms with E-state index >= 15 is 0 Å². The van der Waals surface area contributed by atoms with Crippen LogP contribution in [0.25, 0.3) is 0 Å². The summed E-state index contributed by atoms with van der Waals surface area (Å²) in [7, 11) is 0. The first-order valence-corrected chi connectivity index (χ1v) is 4.98. The molecule has 0 aromatic carbocycles. The Labute approximate surface area is 95.0 Å². The van der Waals surface area contributed by atoms with Crippen LogP contribution in [0.2, 0.25) is 0 Å². The van der Waals surface area contributed by atoms with Gasteiger partial charge in [-0.3, -0.25) is 23.9 Å². The molecule has 0 saturated carbocycles. The summed E-state index contributed by atoms with van der Waals surface area (Å²) in [6.07, 6.45) is -0.313. The number of hydrogen-bond donors (Lipinski definition) is 1. The Bertz CT molecular complexity index is 585. The zero-order chi connectivity index (χ0) is 12.6. The van der Waals surface area contributed by atoms with E-state index in [9.17, 15) is 19.2 Å². The van der Waals surface area contributed by atoms with Crippen LogP contribution in [-0.4, -0.2) is 27.7 Å². The Hall–Kier alpha value is -2.02. The fourth-order valence-corrected chi connectivity index (χ4v) is 1.65. The van der Waals surface area contributed by atoms with E-state index in [0.29, 0.717) is 11.8 Å². The lowest BCUT2D eigenvalue weighted by molar-refractivity contribution is -0.130. The van der Waals surface area contributed by atoms with Crippen molar-refractivity contribution in [3.8, 4) is 0 Å². The van der Waals surface area contributed by atoms with E-state index in [0.717, 1.165) is 4.57 Å². The second-order valence-electron chi connectivity index (χ2n) is 3.80. The number of Topliss-reactive ketones (excluding diaryl/α,β-unsaturated/α-hetero) is 1. The average molecular weight is 238 g/mol. The highest BCUT2D eigenvalue weighted by atomic mass is 16.5. The van der Waals surface area contributed by atoms with E-state index in [1.165, 1.54) is 13.1 Å². The van der Waals surface area contributed by atoms with Crippen molar-refractivity contribution >= 4 is 12.1 Å². The highest BCUT2D eigenvalue weighted by Crippen LogP contribution is 2.22. The Morgan fingerprint density at radius 2 is 2.18 bits per heavy atom. The van der Waals surface area contributed by atoms with Crippen LogP contribution in [0.5, 0.6) is 0 Å². The predicted octanol–water partition coefficient (Wildman–Crippen LogP) is -1.10. The lowest BCUT2D eigenvalue weighted by Gasteiger charge is -2.12. The molecule has 17 heavy (non-hydrogen) atoms. The second kappa shape index (κ2) is 4.10. The van der Waals surface area contributed by atoms with Crippen LogP contribution in [0.15, 0.2) is 15.8 Å². The molecule has 1 aliphatic heterocycles. The number of H-pyrrole nitrogens is 1. The molecule has 1 fully saturated rings. The second-order valence-corrected chi connectivity index (χ2v) is 3.80. The van der Waals surface area contributed by atoms with Gasteiger partial charge in [-0.1, -0.05) is 0 Å². The van der Waals surface area contributed by atoms with Crippen molar-refractivity contribution in [2.75, 3.05) is 0 Å². The lowest BCUT2D eigenvalue weighted by Crippen LogP contribution is -2.33. The Balaban J connectivity index is 2.40. The molecule has 0 aliphatic carbocycles. The number of carbonyl (C=O) groups is 2. The molecule has 1 aromatic heterocycles. The highest BCUT2D eigenvalue weighted by Gasteiger charge is 2.34. The number of aryl methyl sites for hydroxylation is 1. The molecule has 0 amide bonds. The summed E-state index contributed by atoms with van der Waals surface area (Å²) in [5.41, 5.74) is -0.817. The van der Waals surface area contributed by atoms with Crippen molar-refractivity contribution in [1.29, 1.82) is 0 Å². The molecule has 1 aromatic rings. The smallest absolute Gasteiger partial charge is 0.330 e. The number of rotatable bonds is 2. The van der Waals surface area contributed by atoms with Gasteiger partial charge in [0.2, 0.25) is 0 Å². The topological polar surface area (TPSA) is 98.2 Å². The van der Waals surface area contributed by atoms with Gasteiger partial charge in [0.1, 0.15) is 6.23 Å². The van der Waals surface area contributed by atoms with Gasteiger partial charge in [0, 0.05) is 11.8 Å². The summed E-state index contributed by atoms with van der Waals surface area (Å²) in [6.45, 7) is 1.53. The largest absolute Gasteiger partial charge is 0.339 e. The maximum absolute atomic E-state index is 11.5. The van der Waals surface area contributed by atoms with E-state index in [1.807, 2.05) is 0 Å². The van der Waals surface area contributed by atoms with Crippen molar-refractivity contribution in [2.45, 2.75) is 25.7 Å². The van der Waals surface area contributed by atoms with Crippen molar-refractivity contribution < 1.29 is 14.3 Å². The van der Waals surface area contributed by atoms with E-state index in [1.54, 1.807) is 0 Å². The zero-order valence-corrected chi connectivity index (χ0v) is 9.00. The summed E-state index contributed by atoms with van der Waals surface area (Å²) in [4.78, 5) is 46.6. The molecule has 0 radical (unpaired) electrons. The van der Waals surface area contributed by atoms with Crippen LogP contribution in [-0.2, 0) is 14.3 Å². The standard InChI is InChI=1S/C10H10N2O5/c1-5-3-12(10(16)11-9(5)15)8-2-6(14)7(4-13)17-8/h3-4,7-8H,2H2,1H3,(H,11,15,16)/t7-,8+/m0/s1. The molecule has 7 heteroatoms. The van der Waals surface area contributed by atoms with Crippen LogP contribution in [0.1, 0.15) is 18.2 Å². The molecule has 1 N–H and O–H groups in total. The number of nitrogens with one attached hydrogen (secondary N) is 1. The first-order chi connectivity index (χ1) is 8.02. The van der Waals surface area contributed by atoms with Gasteiger partial charge in [0.15, 0.2) is 18.2 Å². The number of aromatic amines is 1. The maximum atomic E-state index is 11.5. The average Bonchev–Trinajstić information content (AvgIpc) is 2.65. The number of hydrogen-bond acceptors (Lipinski definition) is 5. The minimum Gasteiger partial charge on any atom is -0.339 e. The normalized spacial score (nSPS) is 23.9. The number of ketones is 1. The SMILES string of the molecule is Cc1cn([C@H]2CC(=O)[C@H](C=O)O2)c(=O)[nH]c1=O. The van der Waals surface area contributed by atoms with Crippen molar-refractivity contribution in [3.05, 3.63) is 32.6 Å². The fraction of sp³-hybridized carbons (Fsp3) is 0.400. The minimum atomic E-state index is -1.13. The third-order valence-corrected chi connectivity index (χ3v) is 2.58. The third-order valence-electron chi connectivity index (χ3n) is 2.58. The predicted molar refractivity (Wildman–Crippen MR) is 55.7 cm³/mol. The molecule has 7 nitrogen and oxygen atoms in total. The summed E-state index contributed by atoms with van der Waals surface area (Å²) < 4.78 is 6.22. The number of aromatic nitrogens is 2. The molecule has 1 saturated heterocycles. The molecule has 2 heterocycles. The third kappa shape index (κ3) is 1.96. The lowest BCUT2D eigenvalue weighted by atomic mass is 10.2. The number of carbonyl (C=O) groups excluding carboxylic acids is 2. The molecular formula is C10H10N2O5. The van der Waals surface area contributed by atoms with Crippen LogP contribution >= 0.6 is 0 Å². The van der Waals surface area contributed by atoms with E-state index in [-0.39, 0.29) is 12.2 Å². The first-order valence-electron chi connectivity index (χ1n) is 4.98. The quantitative estimate of drug-likeness (QED) is 0.521. The molecular weight excluding hydrogens is 228 g/mol. The number of ether oxygens (including phenoxy) is 1. The van der Waals surface area contributed by atoms with Crippen LogP contribution < -0.4 is 11.2 Å². The van der Waals surface area contributed by atoms with E-state index < -0.39 is 23.6 Å². The minimum absolute atomic E-state index is 0.0607. The summed E-state index contributed by atoms with van der Waals surface area (Å²) >= 11 is 0. The molecule has 1 aliphatic rings. The van der Waals surface area contributed by atoms with E-state index in [2.05, 4.69) is 4.98 Å². The van der Waals surface area contributed by atoms with Crippen molar-refractivity contribution in [2.24, 2.45) is 0 Å². The molecule has 0 spiro atoms. The van der Waals surface area contributed by atoms with E-state index in [4.69, 9.17) is 4.74 Å². The van der Waals surface area contributed by atoms with Crippen LogP contribution in [0, 0.1) is 6.92 Å². The Morgan fingerprint density at radius 3 is 2.76 bits per heavy atom. The van der Waals surface area contributed by atoms with Gasteiger partial charge in [-0.25, -0.2) is 4.79 Å². The molecule has 2 rings (SSSR count). The number of nitrogens with zero attached hydrogens (tertiary/aromatic N) is 1. The number of aldehydes is 1. The van der Waals surface area contributed by atoms with Crippen molar-refractivity contribution in [3.63, 3.8) is 0 Å². The molecule has 0 bridgehead atoms. The molecule has 90 valence electrons. The molecule has 2 atom stereocenters. The summed E-state index contributed by atoms with van der Waals surface area (Å²) in [5, 5.41) is 0. The van der Waals surface area contributed by atoms with Gasteiger partial charge in [-0.05, 0) is 6.92 Å². The maximum Gasteiger partial charge on any atom is 0.330 e. The van der Waals surface area contributed by atoms with Gasteiger partial charge in [-0.2, -0.15) is 0 Å². The summed E-state index contributed by atoms with van der Waals surface area (Å²) in [6, 6.07) is 0. The fourth-order valence-electron chi connectivity index (χ4n) is 1.65. The molecule has 0 unspecified atom stereocenters. The Morgan fingerprint density at radius 1 is 1.47 bits per heavy atom. The van der Waals surface area contributed by atoms with Gasteiger partial charge < -0.3 is 4.74 Å². The first kappa shape index (κ1) is 11.5.